The number of benzene rings is 2. The lowest BCUT2D eigenvalue weighted by molar-refractivity contribution is -0.134. The summed E-state index contributed by atoms with van der Waals surface area (Å²) in [5.41, 5.74) is 7.09. The Hall–Kier alpha value is -2.95. The van der Waals surface area contributed by atoms with Gasteiger partial charge in [0.15, 0.2) is 0 Å². The fourth-order valence-corrected chi connectivity index (χ4v) is 4.10. The fourth-order valence-electron chi connectivity index (χ4n) is 4.10. The quantitative estimate of drug-likeness (QED) is 0.269. The van der Waals surface area contributed by atoms with Crippen molar-refractivity contribution in [2.75, 3.05) is 6.61 Å². The number of ether oxygens (including phenoxy) is 1. The minimum atomic E-state index is -1.10. The fraction of sp³-hybridized carbons (Fsp3) is 0.517. The summed E-state index contributed by atoms with van der Waals surface area (Å²) in [6.07, 6.45) is -0.421. The van der Waals surface area contributed by atoms with Crippen LogP contribution < -0.4 is 16.4 Å². The highest BCUT2D eigenvalue weighted by atomic mass is 19.1. The van der Waals surface area contributed by atoms with Crippen molar-refractivity contribution >= 4 is 11.8 Å². The van der Waals surface area contributed by atoms with Crippen molar-refractivity contribution in [2.45, 2.75) is 71.9 Å². The molecule has 0 aliphatic carbocycles. The minimum absolute atomic E-state index is 0.0348. The number of aliphatic hydroxyl groups is 1. The van der Waals surface area contributed by atoms with Gasteiger partial charge in [-0.25, -0.2) is 13.2 Å². The first-order valence-electron chi connectivity index (χ1n) is 13.2. The SMILES string of the molecule is CCC(C)C(NC(=O)C(CC(O)C(N)COCc1cc(F)cc(F)c1)C(C)C)C(=O)NCc1ccc(F)cc1. The van der Waals surface area contributed by atoms with E-state index < -0.39 is 35.7 Å². The van der Waals surface area contributed by atoms with Crippen molar-refractivity contribution < 1.29 is 32.6 Å². The Bertz CT molecular complexity index is 1050. The maximum absolute atomic E-state index is 13.3. The minimum Gasteiger partial charge on any atom is -0.391 e. The van der Waals surface area contributed by atoms with Crippen LogP contribution in [-0.2, 0) is 27.5 Å². The highest BCUT2D eigenvalue weighted by Gasteiger charge is 2.32. The van der Waals surface area contributed by atoms with Gasteiger partial charge in [-0.15, -0.1) is 0 Å². The molecule has 2 amide bonds. The average Bonchev–Trinajstić information content (AvgIpc) is 2.88. The topological polar surface area (TPSA) is 114 Å². The number of aliphatic hydroxyl groups excluding tert-OH is 1. The third-order valence-electron chi connectivity index (χ3n) is 6.81. The van der Waals surface area contributed by atoms with Gasteiger partial charge in [-0.2, -0.15) is 0 Å². The number of nitrogens with two attached hydrogens (primary N) is 1. The van der Waals surface area contributed by atoms with Crippen molar-refractivity contribution in [1.82, 2.24) is 10.6 Å². The van der Waals surface area contributed by atoms with Crippen LogP contribution in [0.4, 0.5) is 13.2 Å². The molecule has 7 nitrogen and oxygen atoms in total. The molecule has 10 heteroatoms. The van der Waals surface area contributed by atoms with E-state index in [9.17, 15) is 27.9 Å². The molecule has 5 unspecified atom stereocenters. The molecule has 0 radical (unpaired) electrons. The van der Waals surface area contributed by atoms with Crippen LogP contribution in [0, 0.1) is 35.2 Å². The molecule has 2 rings (SSSR count). The summed E-state index contributed by atoms with van der Waals surface area (Å²) in [5, 5.41) is 16.3. The zero-order valence-electron chi connectivity index (χ0n) is 22.9. The van der Waals surface area contributed by atoms with Crippen LogP contribution in [0.15, 0.2) is 42.5 Å². The van der Waals surface area contributed by atoms with Crippen LogP contribution in [0.25, 0.3) is 0 Å². The van der Waals surface area contributed by atoms with Gasteiger partial charge >= 0.3 is 0 Å². The Morgan fingerprint density at radius 2 is 1.56 bits per heavy atom. The van der Waals surface area contributed by atoms with E-state index in [2.05, 4.69) is 10.6 Å². The average molecular weight is 552 g/mol. The van der Waals surface area contributed by atoms with Crippen LogP contribution in [0.2, 0.25) is 0 Å². The second-order valence-electron chi connectivity index (χ2n) is 10.3. The molecule has 0 aliphatic heterocycles. The van der Waals surface area contributed by atoms with Crippen molar-refractivity contribution in [3.05, 3.63) is 71.0 Å². The maximum atomic E-state index is 13.3. The Morgan fingerprint density at radius 3 is 2.13 bits per heavy atom. The molecule has 2 aromatic rings. The van der Waals surface area contributed by atoms with E-state index in [1.807, 2.05) is 27.7 Å². The summed E-state index contributed by atoms with van der Waals surface area (Å²) in [5.74, 6) is -3.51. The molecule has 5 atom stereocenters. The first-order chi connectivity index (χ1) is 18.4. The summed E-state index contributed by atoms with van der Waals surface area (Å²) < 4.78 is 45.3. The highest BCUT2D eigenvalue weighted by Crippen LogP contribution is 2.21. The smallest absolute Gasteiger partial charge is 0.243 e. The molecule has 0 aromatic heterocycles. The molecular weight excluding hydrogens is 511 g/mol. The van der Waals surface area contributed by atoms with Crippen LogP contribution in [-0.4, -0.2) is 41.7 Å². The first-order valence-corrected chi connectivity index (χ1v) is 13.2. The van der Waals surface area contributed by atoms with Gasteiger partial charge in [-0.3, -0.25) is 9.59 Å². The predicted octanol–water partition coefficient (Wildman–Crippen LogP) is 3.82. The van der Waals surface area contributed by atoms with Gasteiger partial charge in [0.25, 0.3) is 0 Å². The first kappa shape index (κ1) is 32.3. The van der Waals surface area contributed by atoms with Gasteiger partial charge < -0.3 is 26.2 Å². The number of carbonyl (C=O) groups is 2. The number of hydrogen-bond acceptors (Lipinski definition) is 5. The largest absolute Gasteiger partial charge is 0.391 e. The number of hydrogen-bond donors (Lipinski definition) is 4. The number of carbonyl (C=O) groups excluding carboxylic acids is 2. The summed E-state index contributed by atoms with van der Waals surface area (Å²) in [4.78, 5) is 26.3. The molecule has 0 spiro atoms. The van der Waals surface area contributed by atoms with E-state index in [1.54, 1.807) is 12.1 Å². The van der Waals surface area contributed by atoms with E-state index in [-0.39, 0.29) is 55.6 Å². The van der Waals surface area contributed by atoms with Crippen LogP contribution in [0.3, 0.4) is 0 Å². The van der Waals surface area contributed by atoms with Crippen molar-refractivity contribution in [1.29, 1.82) is 0 Å². The lowest BCUT2D eigenvalue weighted by Crippen LogP contribution is -2.52. The van der Waals surface area contributed by atoms with Gasteiger partial charge in [0.2, 0.25) is 11.8 Å². The van der Waals surface area contributed by atoms with Gasteiger partial charge in [0.05, 0.1) is 25.4 Å². The lowest BCUT2D eigenvalue weighted by Gasteiger charge is -2.29. The van der Waals surface area contributed by atoms with Gasteiger partial charge in [-0.1, -0.05) is 46.2 Å². The molecule has 5 N–H and O–H groups in total. The summed E-state index contributed by atoms with van der Waals surface area (Å²) in [6.45, 7) is 7.46. The molecule has 0 saturated carbocycles. The van der Waals surface area contributed by atoms with E-state index in [0.29, 0.717) is 12.0 Å². The molecule has 0 heterocycles. The summed E-state index contributed by atoms with van der Waals surface area (Å²) in [6, 6.07) is 7.18. The second kappa shape index (κ2) is 15.6. The number of amides is 2. The summed E-state index contributed by atoms with van der Waals surface area (Å²) in [7, 11) is 0. The van der Waals surface area contributed by atoms with Gasteiger partial charge in [0, 0.05) is 18.5 Å². The molecule has 0 bridgehead atoms. The molecule has 2 aromatic carbocycles. The number of rotatable bonds is 15. The standard InChI is InChI=1S/C29H40F3N3O4/c1-5-18(4)27(29(38)34-14-19-6-8-21(30)9-7-19)35-28(37)24(17(2)3)13-26(36)25(33)16-39-15-20-10-22(31)12-23(32)11-20/h6-12,17-18,24-27,36H,5,13-16,33H2,1-4H3,(H,34,38)(H,35,37). The Balaban J connectivity index is 1.95. The van der Waals surface area contributed by atoms with Crippen LogP contribution >= 0.6 is 0 Å². The Labute approximate surface area is 228 Å². The molecule has 0 fully saturated rings. The molecule has 216 valence electrons. The monoisotopic (exact) mass is 551 g/mol. The van der Waals surface area contributed by atoms with E-state index in [4.69, 9.17) is 10.5 Å². The predicted molar refractivity (Wildman–Crippen MR) is 143 cm³/mol. The summed E-state index contributed by atoms with van der Waals surface area (Å²) >= 11 is 0. The number of nitrogens with one attached hydrogen (secondary N) is 2. The van der Waals surface area contributed by atoms with Crippen LogP contribution in [0.5, 0.6) is 0 Å². The van der Waals surface area contributed by atoms with E-state index in [0.717, 1.165) is 23.8 Å². The van der Waals surface area contributed by atoms with E-state index in [1.165, 1.54) is 12.1 Å². The molecular formula is C29H40F3N3O4. The Morgan fingerprint density at radius 1 is 0.949 bits per heavy atom. The van der Waals surface area contributed by atoms with Crippen LogP contribution in [0.1, 0.15) is 51.7 Å². The zero-order valence-corrected chi connectivity index (χ0v) is 22.9. The van der Waals surface area contributed by atoms with Crippen molar-refractivity contribution in [2.24, 2.45) is 23.5 Å². The molecule has 0 saturated heterocycles. The molecule has 0 aliphatic rings. The Kier molecular flexibility index (Phi) is 12.9. The van der Waals surface area contributed by atoms with Gasteiger partial charge in [0.1, 0.15) is 23.5 Å². The normalized spacial score (nSPS) is 15.3. The zero-order chi connectivity index (χ0) is 29.1. The van der Waals surface area contributed by atoms with Gasteiger partial charge in [-0.05, 0) is 53.6 Å². The number of halogens is 3. The van der Waals surface area contributed by atoms with Crippen molar-refractivity contribution in [3.8, 4) is 0 Å². The maximum Gasteiger partial charge on any atom is 0.243 e. The second-order valence-corrected chi connectivity index (χ2v) is 10.3. The third kappa shape index (κ3) is 10.6. The highest BCUT2D eigenvalue weighted by molar-refractivity contribution is 5.88. The van der Waals surface area contributed by atoms with E-state index >= 15 is 0 Å². The third-order valence-corrected chi connectivity index (χ3v) is 6.81. The lowest BCUT2D eigenvalue weighted by atomic mass is 9.86. The van der Waals surface area contributed by atoms with Crippen molar-refractivity contribution in [3.63, 3.8) is 0 Å². The molecule has 39 heavy (non-hydrogen) atoms.